The van der Waals surface area contributed by atoms with E-state index in [0.717, 1.165) is 0 Å². The zero-order chi connectivity index (χ0) is 10.6. The Balaban J connectivity index is 2.89. The summed E-state index contributed by atoms with van der Waals surface area (Å²) >= 11 is 0. The van der Waals surface area contributed by atoms with E-state index in [1.807, 2.05) is 6.92 Å². The van der Waals surface area contributed by atoms with Gasteiger partial charge in [0, 0.05) is 12.6 Å². The normalized spacial score (nSPS) is 9.79. The fraction of sp³-hybridized carbons (Fsp3) is 0.375. The maximum atomic E-state index is 11.0. The van der Waals surface area contributed by atoms with E-state index in [0.29, 0.717) is 12.4 Å². The number of H-pyrrole nitrogens is 1. The van der Waals surface area contributed by atoms with E-state index in [9.17, 15) is 9.59 Å². The van der Waals surface area contributed by atoms with Crippen LogP contribution in [0.4, 0.5) is 5.82 Å². The third-order valence-corrected chi connectivity index (χ3v) is 1.72. The number of primary amides is 1. The van der Waals surface area contributed by atoms with Crippen molar-refractivity contribution in [3.63, 3.8) is 0 Å². The summed E-state index contributed by atoms with van der Waals surface area (Å²) < 4.78 is 0. The lowest BCUT2D eigenvalue weighted by molar-refractivity contribution is -0.116. The molecule has 0 atom stereocenters. The molecular weight excluding hydrogens is 184 g/mol. The van der Waals surface area contributed by atoms with Gasteiger partial charge in [-0.3, -0.25) is 9.59 Å². The summed E-state index contributed by atoms with van der Waals surface area (Å²) in [6, 6.07) is 1.33. The Morgan fingerprint density at radius 1 is 1.71 bits per heavy atom. The zero-order valence-corrected chi connectivity index (χ0v) is 7.86. The molecule has 0 aromatic carbocycles. The van der Waals surface area contributed by atoms with Crippen molar-refractivity contribution in [2.75, 3.05) is 18.0 Å². The second-order valence-electron chi connectivity index (χ2n) is 2.75. The third kappa shape index (κ3) is 2.58. The molecule has 1 aromatic heterocycles. The first kappa shape index (κ1) is 10.2. The average molecular weight is 196 g/mol. The molecule has 0 saturated carbocycles. The summed E-state index contributed by atoms with van der Waals surface area (Å²) in [5.41, 5.74) is 4.80. The first-order valence-electron chi connectivity index (χ1n) is 4.21. The second-order valence-corrected chi connectivity index (χ2v) is 2.75. The van der Waals surface area contributed by atoms with Crippen molar-refractivity contribution >= 4 is 11.7 Å². The number of nitrogens with two attached hydrogens (primary N) is 1. The molecule has 0 aliphatic heterocycles. The van der Waals surface area contributed by atoms with Crippen LogP contribution in [-0.2, 0) is 4.79 Å². The molecule has 1 rings (SSSR count). The molecule has 1 heterocycles. The maximum absolute atomic E-state index is 11.0. The highest BCUT2D eigenvalue weighted by atomic mass is 16.1. The number of amides is 1. The quantitative estimate of drug-likeness (QED) is 0.651. The molecule has 14 heavy (non-hydrogen) atoms. The van der Waals surface area contributed by atoms with E-state index < -0.39 is 5.91 Å². The van der Waals surface area contributed by atoms with Crippen LogP contribution in [-0.4, -0.2) is 29.0 Å². The topological polar surface area (TPSA) is 92.1 Å². The molecule has 6 heteroatoms. The predicted octanol–water partition coefficient (Wildman–Crippen LogP) is -0.918. The fourth-order valence-electron chi connectivity index (χ4n) is 1.07. The molecule has 0 aliphatic rings. The Kier molecular flexibility index (Phi) is 3.22. The summed E-state index contributed by atoms with van der Waals surface area (Å²) in [7, 11) is 0. The summed E-state index contributed by atoms with van der Waals surface area (Å²) in [5.74, 6) is 0.00369. The summed E-state index contributed by atoms with van der Waals surface area (Å²) in [5, 5.41) is 0. The first-order chi connectivity index (χ1) is 6.63. The van der Waals surface area contributed by atoms with Crippen LogP contribution in [0.5, 0.6) is 0 Å². The molecule has 0 unspecified atom stereocenters. The number of rotatable bonds is 4. The molecule has 0 fully saturated rings. The van der Waals surface area contributed by atoms with Gasteiger partial charge in [0.1, 0.15) is 5.82 Å². The van der Waals surface area contributed by atoms with E-state index in [1.165, 1.54) is 12.4 Å². The molecule has 0 aliphatic carbocycles. The summed E-state index contributed by atoms with van der Waals surface area (Å²) in [6.07, 6.45) is 1.29. The van der Waals surface area contributed by atoms with Crippen molar-refractivity contribution in [3.8, 4) is 0 Å². The van der Waals surface area contributed by atoms with Gasteiger partial charge in [0.25, 0.3) is 5.56 Å². The van der Waals surface area contributed by atoms with Gasteiger partial charge in [0.15, 0.2) is 0 Å². The number of nitrogens with one attached hydrogen (secondary N) is 1. The van der Waals surface area contributed by atoms with Gasteiger partial charge >= 0.3 is 0 Å². The number of likely N-dealkylation sites (N-methyl/N-ethyl adjacent to an activating group) is 1. The van der Waals surface area contributed by atoms with Crippen molar-refractivity contribution in [3.05, 3.63) is 22.7 Å². The van der Waals surface area contributed by atoms with Crippen molar-refractivity contribution in [2.45, 2.75) is 6.92 Å². The Morgan fingerprint density at radius 3 is 2.93 bits per heavy atom. The van der Waals surface area contributed by atoms with Crippen molar-refractivity contribution in [1.29, 1.82) is 0 Å². The molecule has 0 radical (unpaired) electrons. The number of hydrogen-bond acceptors (Lipinski definition) is 4. The Hall–Kier alpha value is -1.85. The van der Waals surface area contributed by atoms with Gasteiger partial charge in [-0.1, -0.05) is 0 Å². The number of carbonyl (C=O) groups is 1. The zero-order valence-electron chi connectivity index (χ0n) is 7.86. The number of carbonyl (C=O) groups excluding carboxylic acids is 1. The lowest BCUT2D eigenvalue weighted by Crippen LogP contribution is -2.34. The van der Waals surface area contributed by atoms with E-state index >= 15 is 0 Å². The summed E-state index contributed by atoms with van der Waals surface area (Å²) in [4.78, 5) is 29.6. The molecule has 3 N–H and O–H groups in total. The predicted molar refractivity (Wildman–Crippen MR) is 51.9 cm³/mol. The van der Waals surface area contributed by atoms with Crippen LogP contribution >= 0.6 is 0 Å². The molecule has 1 aromatic rings. The fourth-order valence-corrected chi connectivity index (χ4v) is 1.07. The van der Waals surface area contributed by atoms with E-state index in [1.54, 1.807) is 4.90 Å². The molecule has 0 bridgehead atoms. The molecular formula is C8H12N4O2. The highest BCUT2D eigenvalue weighted by Gasteiger charge is 2.08. The maximum Gasteiger partial charge on any atom is 0.252 e. The SMILES string of the molecule is CCN(CC(N)=O)c1cc(=O)[nH]cn1. The first-order valence-corrected chi connectivity index (χ1v) is 4.21. The van der Waals surface area contributed by atoms with Gasteiger partial charge in [-0.05, 0) is 6.92 Å². The molecule has 6 nitrogen and oxygen atoms in total. The van der Waals surface area contributed by atoms with Crippen LogP contribution in [0.25, 0.3) is 0 Å². The van der Waals surface area contributed by atoms with E-state index in [4.69, 9.17) is 5.73 Å². The lowest BCUT2D eigenvalue weighted by atomic mass is 10.4. The number of aromatic nitrogens is 2. The van der Waals surface area contributed by atoms with Crippen LogP contribution in [0.15, 0.2) is 17.2 Å². The molecule has 0 saturated heterocycles. The second kappa shape index (κ2) is 4.40. The number of nitrogens with zero attached hydrogens (tertiary/aromatic N) is 2. The summed E-state index contributed by atoms with van der Waals surface area (Å²) in [6.45, 7) is 2.48. The van der Waals surface area contributed by atoms with Gasteiger partial charge in [0.05, 0.1) is 12.9 Å². The minimum atomic E-state index is -0.450. The van der Waals surface area contributed by atoms with Crippen LogP contribution in [0.1, 0.15) is 6.92 Å². The minimum absolute atomic E-state index is 0.0625. The Labute approximate surface area is 80.8 Å². The van der Waals surface area contributed by atoms with Gasteiger partial charge < -0.3 is 15.6 Å². The standard InChI is InChI=1S/C8H12N4O2/c1-2-12(4-6(9)13)7-3-8(14)11-5-10-7/h3,5H,2,4H2,1H3,(H2,9,13)(H,10,11,14). The number of hydrogen-bond donors (Lipinski definition) is 2. The largest absolute Gasteiger partial charge is 0.368 e. The molecule has 1 amide bonds. The van der Waals surface area contributed by atoms with E-state index in [2.05, 4.69) is 9.97 Å². The van der Waals surface area contributed by atoms with Crippen molar-refractivity contribution in [1.82, 2.24) is 9.97 Å². The van der Waals surface area contributed by atoms with Gasteiger partial charge in [-0.25, -0.2) is 4.98 Å². The van der Waals surface area contributed by atoms with Crippen LogP contribution < -0.4 is 16.2 Å². The molecule has 0 spiro atoms. The van der Waals surface area contributed by atoms with Crippen LogP contribution in [0, 0.1) is 0 Å². The highest BCUT2D eigenvalue weighted by molar-refractivity contribution is 5.79. The van der Waals surface area contributed by atoms with Gasteiger partial charge in [-0.15, -0.1) is 0 Å². The van der Waals surface area contributed by atoms with Crippen LogP contribution in [0.3, 0.4) is 0 Å². The third-order valence-electron chi connectivity index (χ3n) is 1.72. The average Bonchev–Trinajstić information content (AvgIpc) is 2.14. The lowest BCUT2D eigenvalue weighted by Gasteiger charge is -2.18. The minimum Gasteiger partial charge on any atom is -0.368 e. The van der Waals surface area contributed by atoms with Gasteiger partial charge in [-0.2, -0.15) is 0 Å². The van der Waals surface area contributed by atoms with E-state index in [-0.39, 0.29) is 12.1 Å². The van der Waals surface area contributed by atoms with Gasteiger partial charge in [0.2, 0.25) is 5.91 Å². The number of aromatic amines is 1. The van der Waals surface area contributed by atoms with Crippen molar-refractivity contribution in [2.24, 2.45) is 5.73 Å². The smallest absolute Gasteiger partial charge is 0.252 e. The monoisotopic (exact) mass is 196 g/mol. The Bertz CT molecular complexity index is 374. The number of anilines is 1. The highest BCUT2D eigenvalue weighted by Crippen LogP contribution is 2.04. The molecule has 76 valence electrons. The van der Waals surface area contributed by atoms with Crippen molar-refractivity contribution < 1.29 is 4.79 Å². The Morgan fingerprint density at radius 2 is 2.43 bits per heavy atom. The van der Waals surface area contributed by atoms with Crippen LogP contribution in [0.2, 0.25) is 0 Å².